The van der Waals surface area contributed by atoms with Crippen LogP contribution in [0.4, 0.5) is 0 Å². The molecule has 94 valence electrons. The van der Waals surface area contributed by atoms with E-state index in [1.165, 1.54) is 38.4 Å². The highest BCUT2D eigenvalue weighted by atomic mass is 32.2. The molecule has 0 aromatic heterocycles. The molecule has 0 bridgehead atoms. The second kappa shape index (κ2) is 5.15. The van der Waals surface area contributed by atoms with E-state index in [2.05, 4.69) is 0 Å². The highest BCUT2D eigenvalue weighted by Crippen LogP contribution is 2.19. The zero-order chi connectivity index (χ0) is 13.1. The second-order valence-corrected chi connectivity index (χ2v) is 5.60. The Labute approximate surface area is 99.5 Å². The van der Waals surface area contributed by atoms with Crippen molar-refractivity contribution >= 4 is 16.0 Å². The van der Waals surface area contributed by atoms with Crippen molar-refractivity contribution < 1.29 is 23.1 Å². The van der Waals surface area contributed by atoms with Crippen molar-refractivity contribution in [2.45, 2.75) is 4.90 Å². The molecule has 0 aliphatic carbocycles. The maximum atomic E-state index is 11.8. The maximum Gasteiger partial charge on any atom is 0.341 e. The summed E-state index contributed by atoms with van der Waals surface area (Å²) in [6.45, 7) is -0.508. The maximum absolute atomic E-state index is 11.8. The molecule has 0 unspecified atom stereocenters. The van der Waals surface area contributed by atoms with E-state index in [4.69, 9.17) is 9.84 Å². The van der Waals surface area contributed by atoms with Gasteiger partial charge in [0.25, 0.3) is 0 Å². The number of carboxylic acid groups (broad SMARTS) is 1. The van der Waals surface area contributed by atoms with Crippen molar-refractivity contribution in [1.29, 1.82) is 0 Å². The van der Waals surface area contributed by atoms with Gasteiger partial charge in [-0.25, -0.2) is 17.5 Å². The minimum absolute atomic E-state index is 0.0605. The Kier molecular flexibility index (Phi) is 4.08. The van der Waals surface area contributed by atoms with Gasteiger partial charge >= 0.3 is 5.97 Å². The summed E-state index contributed by atoms with van der Waals surface area (Å²) in [5, 5.41) is 8.44. The lowest BCUT2D eigenvalue weighted by molar-refractivity contribution is -0.139. The number of carboxylic acids is 1. The minimum Gasteiger partial charge on any atom is -0.482 e. The Hall–Kier alpha value is -1.60. The minimum atomic E-state index is -3.53. The fraction of sp³-hybridized carbons (Fsp3) is 0.300. The average molecular weight is 259 g/mol. The van der Waals surface area contributed by atoms with Crippen LogP contribution < -0.4 is 4.74 Å². The van der Waals surface area contributed by atoms with Crippen molar-refractivity contribution in [3.63, 3.8) is 0 Å². The van der Waals surface area contributed by atoms with Crippen LogP contribution in [0.2, 0.25) is 0 Å². The first-order valence-electron chi connectivity index (χ1n) is 4.71. The van der Waals surface area contributed by atoms with Crippen LogP contribution in [-0.2, 0) is 14.8 Å². The van der Waals surface area contributed by atoms with Gasteiger partial charge in [0, 0.05) is 20.2 Å². The molecule has 0 radical (unpaired) electrons. The SMILES string of the molecule is CN(C)S(=O)(=O)c1cccc(OCC(=O)O)c1. The quantitative estimate of drug-likeness (QED) is 0.827. The molecule has 7 heteroatoms. The molecular weight excluding hydrogens is 246 g/mol. The van der Waals surface area contributed by atoms with Gasteiger partial charge in [0.2, 0.25) is 10.0 Å². The molecule has 0 heterocycles. The number of ether oxygens (including phenoxy) is 1. The Balaban J connectivity index is 2.98. The highest BCUT2D eigenvalue weighted by Gasteiger charge is 2.17. The van der Waals surface area contributed by atoms with Gasteiger partial charge in [-0.05, 0) is 12.1 Å². The summed E-state index contributed by atoms with van der Waals surface area (Å²) in [6.07, 6.45) is 0. The van der Waals surface area contributed by atoms with Crippen LogP contribution >= 0.6 is 0 Å². The summed E-state index contributed by atoms with van der Waals surface area (Å²) in [6, 6.07) is 5.70. The summed E-state index contributed by atoms with van der Waals surface area (Å²) < 4.78 is 29.5. The number of benzene rings is 1. The molecule has 0 fully saturated rings. The van der Waals surface area contributed by atoms with Gasteiger partial charge in [0.1, 0.15) is 5.75 Å². The standard InChI is InChI=1S/C10H13NO5S/c1-11(2)17(14,15)9-5-3-4-8(6-9)16-7-10(12)13/h3-6H,7H2,1-2H3,(H,12,13). The average Bonchev–Trinajstić information content (AvgIpc) is 2.26. The van der Waals surface area contributed by atoms with Crippen LogP contribution in [0.15, 0.2) is 29.2 Å². The molecule has 0 saturated carbocycles. The first kappa shape index (κ1) is 13.5. The van der Waals surface area contributed by atoms with E-state index in [1.54, 1.807) is 0 Å². The largest absolute Gasteiger partial charge is 0.482 e. The zero-order valence-electron chi connectivity index (χ0n) is 9.45. The van der Waals surface area contributed by atoms with Crippen molar-refractivity contribution in [2.75, 3.05) is 20.7 Å². The monoisotopic (exact) mass is 259 g/mol. The van der Waals surface area contributed by atoms with Crippen molar-refractivity contribution in [3.05, 3.63) is 24.3 Å². The van der Waals surface area contributed by atoms with Crippen LogP contribution in [0.5, 0.6) is 5.75 Å². The van der Waals surface area contributed by atoms with Crippen LogP contribution in [0.3, 0.4) is 0 Å². The molecule has 0 amide bonds. The molecule has 17 heavy (non-hydrogen) atoms. The molecule has 1 N–H and O–H groups in total. The lowest BCUT2D eigenvalue weighted by atomic mass is 10.3. The lowest BCUT2D eigenvalue weighted by Crippen LogP contribution is -2.22. The third-order valence-corrected chi connectivity index (χ3v) is 3.76. The Morgan fingerprint density at radius 3 is 2.59 bits per heavy atom. The Morgan fingerprint density at radius 1 is 1.41 bits per heavy atom. The molecule has 1 aromatic rings. The zero-order valence-corrected chi connectivity index (χ0v) is 10.3. The van der Waals surface area contributed by atoms with Gasteiger partial charge in [0.15, 0.2) is 6.61 Å². The highest BCUT2D eigenvalue weighted by molar-refractivity contribution is 7.89. The number of nitrogens with zero attached hydrogens (tertiary/aromatic N) is 1. The first-order valence-corrected chi connectivity index (χ1v) is 6.15. The van der Waals surface area contributed by atoms with Gasteiger partial charge in [0.05, 0.1) is 4.90 Å². The molecule has 1 aromatic carbocycles. The molecule has 0 saturated heterocycles. The number of hydrogen-bond donors (Lipinski definition) is 1. The summed E-state index contributed by atoms with van der Waals surface area (Å²) in [7, 11) is -0.698. The van der Waals surface area contributed by atoms with E-state index < -0.39 is 22.6 Å². The summed E-state index contributed by atoms with van der Waals surface area (Å²) in [5.41, 5.74) is 0. The molecule has 0 atom stereocenters. The van der Waals surface area contributed by atoms with Gasteiger partial charge in [-0.2, -0.15) is 0 Å². The normalized spacial score (nSPS) is 11.5. The number of hydrogen-bond acceptors (Lipinski definition) is 4. The molecule has 1 rings (SSSR count). The number of carbonyl (C=O) groups is 1. The third-order valence-electron chi connectivity index (χ3n) is 1.95. The first-order chi connectivity index (χ1) is 7.84. The third kappa shape index (κ3) is 3.43. The number of aliphatic carboxylic acids is 1. The lowest BCUT2D eigenvalue weighted by Gasteiger charge is -2.12. The molecule has 0 aliphatic rings. The fourth-order valence-corrected chi connectivity index (χ4v) is 2.02. The fourth-order valence-electron chi connectivity index (χ4n) is 1.08. The van der Waals surface area contributed by atoms with Crippen molar-refractivity contribution in [3.8, 4) is 5.75 Å². The van der Waals surface area contributed by atoms with Gasteiger partial charge in [-0.3, -0.25) is 0 Å². The van der Waals surface area contributed by atoms with Crippen LogP contribution in [0.25, 0.3) is 0 Å². The van der Waals surface area contributed by atoms with E-state index in [0.29, 0.717) is 0 Å². The Morgan fingerprint density at radius 2 is 2.06 bits per heavy atom. The molecule has 0 aliphatic heterocycles. The van der Waals surface area contributed by atoms with Crippen LogP contribution in [-0.4, -0.2) is 44.5 Å². The van der Waals surface area contributed by atoms with E-state index >= 15 is 0 Å². The number of rotatable bonds is 5. The topological polar surface area (TPSA) is 83.9 Å². The van der Waals surface area contributed by atoms with E-state index in [9.17, 15) is 13.2 Å². The summed E-state index contributed by atoms with van der Waals surface area (Å²) in [4.78, 5) is 10.4. The Bertz CT molecular complexity index is 509. The van der Waals surface area contributed by atoms with Crippen LogP contribution in [0.1, 0.15) is 0 Å². The van der Waals surface area contributed by atoms with E-state index in [1.807, 2.05) is 0 Å². The second-order valence-electron chi connectivity index (χ2n) is 3.44. The van der Waals surface area contributed by atoms with Gasteiger partial charge in [-0.1, -0.05) is 6.07 Å². The molecule has 0 spiro atoms. The molecule has 6 nitrogen and oxygen atoms in total. The number of sulfonamides is 1. The molecular formula is C10H13NO5S. The smallest absolute Gasteiger partial charge is 0.341 e. The van der Waals surface area contributed by atoms with E-state index in [-0.39, 0.29) is 10.6 Å². The van der Waals surface area contributed by atoms with Crippen molar-refractivity contribution in [1.82, 2.24) is 4.31 Å². The summed E-state index contributed by atoms with van der Waals surface area (Å²) in [5.74, 6) is -0.916. The predicted octanol–water partition coefficient (Wildman–Crippen LogP) is 0.400. The summed E-state index contributed by atoms with van der Waals surface area (Å²) >= 11 is 0. The van der Waals surface area contributed by atoms with Gasteiger partial charge in [-0.15, -0.1) is 0 Å². The predicted molar refractivity (Wildman–Crippen MR) is 60.4 cm³/mol. The van der Waals surface area contributed by atoms with E-state index in [0.717, 1.165) is 4.31 Å². The van der Waals surface area contributed by atoms with Gasteiger partial charge < -0.3 is 9.84 Å². The van der Waals surface area contributed by atoms with Crippen LogP contribution in [0, 0.1) is 0 Å². The van der Waals surface area contributed by atoms with Crippen molar-refractivity contribution in [2.24, 2.45) is 0 Å².